The number of hydrogen-bond donors (Lipinski definition) is 1. The molecule has 0 aliphatic rings. The van der Waals surface area contributed by atoms with Gasteiger partial charge in [0.25, 0.3) is 5.56 Å². The molecule has 21 heavy (non-hydrogen) atoms. The van der Waals surface area contributed by atoms with Gasteiger partial charge in [-0.05, 0) is 50.1 Å². The summed E-state index contributed by atoms with van der Waals surface area (Å²) < 4.78 is 1.84. The second kappa shape index (κ2) is 6.46. The van der Waals surface area contributed by atoms with Crippen molar-refractivity contribution in [1.82, 2.24) is 4.57 Å². The van der Waals surface area contributed by atoms with Gasteiger partial charge in [0, 0.05) is 22.7 Å². The molecule has 2 rings (SSSR count). The molecule has 1 heterocycles. The topological polar surface area (TPSA) is 48.0 Å². The van der Waals surface area contributed by atoms with Gasteiger partial charge in [0.15, 0.2) is 0 Å². The Labute approximate surface area is 130 Å². The first-order chi connectivity index (χ1) is 9.95. The van der Waals surface area contributed by atoms with E-state index in [1.165, 1.54) is 0 Å². The van der Waals surface area contributed by atoms with Gasteiger partial charge in [-0.3, -0.25) is 4.79 Å². The van der Waals surface area contributed by atoms with E-state index < -0.39 is 0 Å². The first-order valence-corrected chi connectivity index (χ1v) is 7.60. The predicted molar refractivity (Wildman–Crippen MR) is 88.8 cm³/mol. The molecule has 1 aromatic carbocycles. The highest BCUT2D eigenvalue weighted by molar-refractivity contribution is 6.30. The number of aromatic nitrogens is 1. The van der Waals surface area contributed by atoms with E-state index in [-0.39, 0.29) is 17.6 Å². The van der Waals surface area contributed by atoms with E-state index >= 15 is 0 Å². The Morgan fingerprint density at radius 1 is 1.14 bits per heavy atom. The fourth-order valence-corrected chi connectivity index (χ4v) is 2.52. The van der Waals surface area contributed by atoms with Crippen LogP contribution < -0.4 is 11.3 Å². The lowest BCUT2D eigenvalue weighted by atomic mass is 10.1. The lowest BCUT2D eigenvalue weighted by Crippen LogP contribution is -2.30. The van der Waals surface area contributed by atoms with Crippen LogP contribution in [0.1, 0.15) is 44.8 Å². The minimum atomic E-state index is -0.271. The van der Waals surface area contributed by atoms with E-state index in [1.54, 1.807) is 0 Å². The highest BCUT2D eigenvalue weighted by Gasteiger charge is 2.16. The van der Waals surface area contributed by atoms with Gasteiger partial charge in [0.2, 0.25) is 0 Å². The SMILES string of the molecule is CCC(C)n1c(-c2ccc(Cl)cc2)ccc(C(C)N)c1=O. The zero-order chi connectivity index (χ0) is 15.6. The van der Waals surface area contributed by atoms with Crippen LogP contribution >= 0.6 is 11.6 Å². The summed E-state index contributed by atoms with van der Waals surface area (Å²) in [4.78, 5) is 12.7. The number of rotatable bonds is 4. The Hall–Kier alpha value is -1.58. The first-order valence-electron chi connectivity index (χ1n) is 7.22. The van der Waals surface area contributed by atoms with E-state index in [9.17, 15) is 4.79 Å². The molecule has 2 N–H and O–H groups in total. The summed E-state index contributed by atoms with van der Waals surface area (Å²) in [7, 11) is 0. The van der Waals surface area contributed by atoms with Crippen LogP contribution in [0.5, 0.6) is 0 Å². The molecule has 0 amide bonds. The average Bonchev–Trinajstić information content (AvgIpc) is 2.46. The Kier molecular flexibility index (Phi) is 4.86. The van der Waals surface area contributed by atoms with Gasteiger partial charge in [-0.15, -0.1) is 0 Å². The van der Waals surface area contributed by atoms with Gasteiger partial charge < -0.3 is 10.3 Å². The summed E-state index contributed by atoms with van der Waals surface area (Å²) in [6.07, 6.45) is 0.878. The van der Waals surface area contributed by atoms with Crippen molar-refractivity contribution in [3.63, 3.8) is 0 Å². The molecule has 0 spiro atoms. The molecule has 0 aliphatic carbocycles. The second-order valence-electron chi connectivity index (χ2n) is 5.40. The number of hydrogen-bond acceptors (Lipinski definition) is 2. The molecule has 0 saturated carbocycles. The third-order valence-electron chi connectivity index (χ3n) is 3.81. The van der Waals surface area contributed by atoms with E-state index in [4.69, 9.17) is 17.3 Å². The highest BCUT2D eigenvalue weighted by atomic mass is 35.5. The van der Waals surface area contributed by atoms with Crippen molar-refractivity contribution in [3.8, 4) is 11.3 Å². The lowest BCUT2D eigenvalue weighted by Gasteiger charge is -2.21. The Morgan fingerprint density at radius 3 is 2.29 bits per heavy atom. The molecule has 0 aliphatic heterocycles. The summed E-state index contributed by atoms with van der Waals surface area (Å²) >= 11 is 5.94. The predicted octanol–water partition coefficient (Wildman–Crippen LogP) is 4.16. The minimum Gasteiger partial charge on any atom is -0.324 e. The smallest absolute Gasteiger partial charge is 0.256 e. The Balaban J connectivity index is 2.68. The van der Waals surface area contributed by atoms with E-state index in [0.29, 0.717) is 10.6 Å². The molecule has 4 heteroatoms. The number of halogens is 1. The quantitative estimate of drug-likeness (QED) is 0.922. The van der Waals surface area contributed by atoms with Gasteiger partial charge in [0.1, 0.15) is 0 Å². The van der Waals surface area contributed by atoms with Crippen LogP contribution in [0.4, 0.5) is 0 Å². The monoisotopic (exact) mass is 304 g/mol. The third-order valence-corrected chi connectivity index (χ3v) is 4.06. The summed E-state index contributed by atoms with van der Waals surface area (Å²) in [5, 5.41) is 0.684. The molecular weight excluding hydrogens is 284 g/mol. The summed E-state index contributed by atoms with van der Waals surface area (Å²) in [6.45, 7) is 5.95. The van der Waals surface area contributed by atoms with Gasteiger partial charge in [-0.25, -0.2) is 0 Å². The van der Waals surface area contributed by atoms with Crippen molar-refractivity contribution < 1.29 is 0 Å². The van der Waals surface area contributed by atoms with Crippen LogP contribution in [0, 0.1) is 0 Å². The number of pyridine rings is 1. The molecule has 3 nitrogen and oxygen atoms in total. The van der Waals surface area contributed by atoms with Gasteiger partial charge in [-0.2, -0.15) is 0 Å². The maximum absolute atomic E-state index is 12.7. The van der Waals surface area contributed by atoms with Crippen LogP contribution in [-0.2, 0) is 0 Å². The van der Waals surface area contributed by atoms with Crippen molar-refractivity contribution >= 4 is 11.6 Å². The van der Waals surface area contributed by atoms with Crippen LogP contribution in [0.3, 0.4) is 0 Å². The van der Waals surface area contributed by atoms with E-state index in [1.807, 2.05) is 54.8 Å². The van der Waals surface area contributed by atoms with Crippen LogP contribution in [-0.4, -0.2) is 4.57 Å². The first kappa shape index (κ1) is 15.8. The molecular formula is C17H21ClN2O. The van der Waals surface area contributed by atoms with E-state index in [2.05, 4.69) is 6.92 Å². The minimum absolute atomic E-state index is 0.00759. The molecule has 0 bridgehead atoms. The maximum Gasteiger partial charge on any atom is 0.256 e. The number of nitrogens with zero attached hydrogens (tertiary/aromatic N) is 1. The molecule has 0 fully saturated rings. The summed E-state index contributed by atoms with van der Waals surface area (Å²) in [6, 6.07) is 11.2. The maximum atomic E-state index is 12.7. The highest BCUT2D eigenvalue weighted by Crippen LogP contribution is 2.25. The number of benzene rings is 1. The van der Waals surface area contributed by atoms with Crippen molar-refractivity contribution in [3.05, 3.63) is 57.3 Å². The van der Waals surface area contributed by atoms with Crippen molar-refractivity contribution in [2.45, 2.75) is 39.3 Å². The van der Waals surface area contributed by atoms with Gasteiger partial charge >= 0.3 is 0 Å². The largest absolute Gasteiger partial charge is 0.324 e. The van der Waals surface area contributed by atoms with Crippen LogP contribution in [0.25, 0.3) is 11.3 Å². The Morgan fingerprint density at radius 2 is 1.76 bits per heavy atom. The molecule has 1 aromatic heterocycles. The zero-order valence-electron chi connectivity index (χ0n) is 12.6. The van der Waals surface area contributed by atoms with Gasteiger partial charge in [-0.1, -0.05) is 30.7 Å². The normalized spacial score (nSPS) is 14.0. The number of nitrogens with two attached hydrogens (primary N) is 1. The molecule has 112 valence electrons. The molecule has 2 atom stereocenters. The summed E-state index contributed by atoms with van der Waals surface area (Å²) in [5.74, 6) is 0. The fraction of sp³-hybridized carbons (Fsp3) is 0.353. The zero-order valence-corrected chi connectivity index (χ0v) is 13.4. The second-order valence-corrected chi connectivity index (χ2v) is 5.84. The fourth-order valence-electron chi connectivity index (χ4n) is 2.39. The molecule has 0 saturated heterocycles. The van der Waals surface area contributed by atoms with Crippen LogP contribution in [0.2, 0.25) is 5.02 Å². The lowest BCUT2D eigenvalue weighted by molar-refractivity contribution is 0.513. The van der Waals surface area contributed by atoms with Crippen molar-refractivity contribution in [2.75, 3.05) is 0 Å². The summed E-state index contributed by atoms with van der Waals surface area (Å²) in [5.41, 5.74) is 8.42. The van der Waals surface area contributed by atoms with Crippen molar-refractivity contribution in [1.29, 1.82) is 0 Å². The van der Waals surface area contributed by atoms with Crippen molar-refractivity contribution in [2.24, 2.45) is 5.73 Å². The average molecular weight is 305 g/mol. The molecule has 0 radical (unpaired) electrons. The molecule has 2 unspecified atom stereocenters. The molecule has 2 aromatic rings. The van der Waals surface area contributed by atoms with Crippen LogP contribution in [0.15, 0.2) is 41.2 Å². The standard InChI is InChI=1S/C17H21ClN2O/c1-4-11(2)20-16(13-5-7-14(18)8-6-13)10-9-15(12(3)19)17(20)21/h5-12H,4,19H2,1-3H3. The Bertz CT molecular complexity index is 674. The van der Waals surface area contributed by atoms with Gasteiger partial charge in [0.05, 0.1) is 5.69 Å². The van der Waals surface area contributed by atoms with E-state index in [0.717, 1.165) is 17.7 Å². The third kappa shape index (κ3) is 3.20.